The van der Waals surface area contributed by atoms with Crippen molar-refractivity contribution in [3.05, 3.63) is 41.2 Å². The van der Waals surface area contributed by atoms with Crippen LogP contribution in [0.1, 0.15) is 54.2 Å². The van der Waals surface area contributed by atoms with Gasteiger partial charge in [-0.25, -0.2) is 5.43 Å². The van der Waals surface area contributed by atoms with E-state index in [-0.39, 0.29) is 18.8 Å². The summed E-state index contributed by atoms with van der Waals surface area (Å²) in [7, 11) is 0. The normalized spacial score (nSPS) is 14.4. The van der Waals surface area contributed by atoms with Crippen LogP contribution in [0.25, 0.3) is 0 Å². The lowest BCUT2D eigenvalue weighted by atomic mass is 10.1. The molecular weight excluding hydrogens is 586 g/mol. The summed E-state index contributed by atoms with van der Waals surface area (Å²) < 4.78 is 20.3. The van der Waals surface area contributed by atoms with E-state index in [1.807, 2.05) is 0 Å². The van der Waals surface area contributed by atoms with Crippen molar-refractivity contribution >= 4 is 47.8 Å². The zero-order chi connectivity index (χ0) is 32.4. The van der Waals surface area contributed by atoms with Gasteiger partial charge in [0.15, 0.2) is 24.1 Å². The number of hydrogen-bond acceptors (Lipinski definition) is 15. The predicted octanol–water partition coefficient (Wildman–Crippen LogP) is -1.03. The predicted molar refractivity (Wildman–Crippen MR) is 143 cm³/mol. The van der Waals surface area contributed by atoms with Gasteiger partial charge >= 0.3 is 23.9 Å². The lowest BCUT2D eigenvalue weighted by Gasteiger charge is -2.29. The summed E-state index contributed by atoms with van der Waals surface area (Å²) in [6, 6.07) is 6.46. The summed E-state index contributed by atoms with van der Waals surface area (Å²) in [6.45, 7) is 3.28. The zero-order valence-corrected chi connectivity index (χ0v) is 24.1. The summed E-state index contributed by atoms with van der Waals surface area (Å²) in [5.41, 5.74) is 2.79. The van der Waals surface area contributed by atoms with Crippen molar-refractivity contribution in [1.29, 1.82) is 0 Å². The molecule has 3 amide bonds. The minimum Gasteiger partial charge on any atom is -0.462 e. The molecule has 1 aromatic carbocycles. The molecular formula is C26H29N7O11. The van der Waals surface area contributed by atoms with E-state index < -0.39 is 73.1 Å². The Morgan fingerprint density at radius 3 is 2.09 bits per heavy atom. The average molecular weight is 616 g/mol. The third-order valence-corrected chi connectivity index (χ3v) is 5.69. The molecule has 3 atom stereocenters. The number of ether oxygens (including phenoxy) is 4. The number of tetrazole rings is 1. The molecule has 2 heterocycles. The number of aromatic nitrogens is 4. The molecule has 0 unspecified atom stereocenters. The highest BCUT2D eigenvalue weighted by Gasteiger charge is 2.37. The molecule has 0 aliphatic carbocycles. The first-order valence-corrected chi connectivity index (χ1v) is 13.0. The number of imide groups is 1. The molecule has 44 heavy (non-hydrogen) atoms. The van der Waals surface area contributed by atoms with Gasteiger partial charge in [-0.05, 0) is 17.3 Å². The van der Waals surface area contributed by atoms with Crippen molar-refractivity contribution in [2.24, 2.45) is 5.10 Å². The molecule has 0 saturated heterocycles. The Kier molecular flexibility index (Phi) is 11.3. The van der Waals surface area contributed by atoms with Crippen LogP contribution in [-0.4, -0.2) is 104 Å². The first-order valence-electron chi connectivity index (χ1n) is 13.0. The second-order valence-corrected chi connectivity index (χ2v) is 9.21. The van der Waals surface area contributed by atoms with E-state index in [1.165, 1.54) is 0 Å². The van der Waals surface area contributed by atoms with Gasteiger partial charge in [-0.1, -0.05) is 12.1 Å². The van der Waals surface area contributed by atoms with Crippen molar-refractivity contribution in [2.45, 2.75) is 59.0 Å². The van der Waals surface area contributed by atoms with Gasteiger partial charge in [-0.15, -0.1) is 10.2 Å². The molecule has 0 spiro atoms. The largest absolute Gasteiger partial charge is 0.462 e. The maximum Gasteiger partial charge on any atom is 0.303 e. The Hall–Kier alpha value is -5.55. The minimum atomic E-state index is -1.51. The Morgan fingerprint density at radius 2 is 1.52 bits per heavy atom. The number of amides is 3. The maximum absolute atomic E-state index is 12.5. The average Bonchev–Trinajstić information content (AvgIpc) is 3.48. The quantitative estimate of drug-likeness (QED) is 0.0881. The molecule has 18 heteroatoms. The molecule has 3 rings (SSSR count). The maximum atomic E-state index is 12.5. The first kappa shape index (κ1) is 33.0. The van der Waals surface area contributed by atoms with Crippen molar-refractivity contribution in [2.75, 3.05) is 13.2 Å². The molecule has 1 aliphatic rings. The third-order valence-electron chi connectivity index (χ3n) is 5.69. The fourth-order valence-electron chi connectivity index (χ4n) is 3.97. The number of carbonyl (C=O) groups excluding carboxylic acids is 7. The number of esters is 4. The summed E-state index contributed by atoms with van der Waals surface area (Å²) in [4.78, 5) is 86.0. The number of nitrogens with one attached hydrogen (secondary N) is 1. The van der Waals surface area contributed by atoms with Gasteiger partial charge in [0, 0.05) is 40.7 Å². The minimum absolute atomic E-state index is 0.00135. The molecule has 0 fully saturated rings. The molecule has 1 N–H and O–H groups in total. The van der Waals surface area contributed by atoms with Crippen LogP contribution < -0.4 is 5.43 Å². The van der Waals surface area contributed by atoms with Crippen LogP contribution in [0, 0.1) is 0 Å². The van der Waals surface area contributed by atoms with Crippen LogP contribution >= 0.6 is 0 Å². The zero-order valence-electron chi connectivity index (χ0n) is 24.1. The summed E-state index contributed by atoms with van der Waals surface area (Å²) >= 11 is 0. The van der Waals surface area contributed by atoms with E-state index in [2.05, 4.69) is 25.9 Å². The second kappa shape index (κ2) is 15.1. The summed E-state index contributed by atoms with van der Waals surface area (Å²) in [5, 5.41) is 15.4. The monoisotopic (exact) mass is 615 g/mol. The molecule has 0 saturated carbocycles. The standard InChI is InChI=1S/C26H29N7O11/c1-14(34)41-13-21(43-16(3)36)24(44-17(4)37)20(42-15(2)35)11-27-29-23(38)12-33-30-22(28-31-33)9-10-32-25(39)18-7-5-6-8-19(18)26(32)40/h5-8,11,20-21,24H,9-10,12-13H2,1-4H3,(H,29,38)/b27-11+/t20-,21+,24+/m0/s1. The van der Waals surface area contributed by atoms with E-state index in [1.54, 1.807) is 24.3 Å². The molecule has 0 bridgehead atoms. The third kappa shape index (κ3) is 9.23. The highest BCUT2D eigenvalue weighted by atomic mass is 16.6. The van der Waals surface area contributed by atoms with E-state index in [4.69, 9.17) is 18.9 Å². The highest BCUT2D eigenvalue weighted by molar-refractivity contribution is 6.21. The summed E-state index contributed by atoms with van der Waals surface area (Å²) in [6.07, 6.45) is -3.40. The van der Waals surface area contributed by atoms with Crippen LogP contribution in [-0.2, 0) is 55.9 Å². The van der Waals surface area contributed by atoms with Gasteiger partial charge in [0.25, 0.3) is 17.7 Å². The molecule has 1 aromatic heterocycles. The number of fused-ring (bicyclic) bond motifs is 1. The van der Waals surface area contributed by atoms with Crippen LogP contribution in [0.2, 0.25) is 0 Å². The number of hydrazone groups is 1. The van der Waals surface area contributed by atoms with Gasteiger partial charge in [-0.2, -0.15) is 9.90 Å². The second-order valence-electron chi connectivity index (χ2n) is 9.21. The number of nitrogens with zero attached hydrogens (tertiary/aromatic N) is 6. The topological polar surface area (TPSA) is 228 Å². The van der Waals surface area contributed by atoms with Gasteiger partial charge in [0.2, 0.25) is 0 Å². The lowest BCUT2D eigenvalue weighted by Crippen LogP contribution is -2.48. The lowest BCUT2D eigenvalue weighted by molar-refractivity contribution is -0.183. The van der Waals surface area contributed by atoms with E-state index in [0.717, 1.165) is 43.6 Å². The van der Waals surface area contributed by atoms with Crippen molar-refractivity contribution in [3.8, 4) is 0 Å². The van der Waals surface area contributed by atoms with Gasteiger partial charge < -0.3 is 18.9 Å². The fraction of sp³-hybridized carbons (Fsp3) is 0.423. The van der Waals surface area contributed by atoms with Crippen molar-refractivity contribution in [1.82, 2.24) is 30.5 Å². The van der Waals surface area contributed by atoms with E-state index in [9.17, 15) is 33.6 Å². The summed E-state index contributed by atoms with van der Waals surface area (Å²) in [5.74, 6) is -4.64. The smallest absolute Gasteiger partial charge is 0.303 e. The van der Waals surface area contributed by atoms with Gasteiger partial charge in [0.05, 0.1) is 17.3 Å². The fourth-order valence-corrected chi connectivity index (χ4v) is 3.97. The van der Waals surface area contributed by atoms with Crippen LogP contribution in [0.4, 0.5) is 0 Å². The number of rotatable bonds is 14. The number of carbonyl (C=O) groups is 7. The van der Waals surface area contributed by atoms with Gasteiger partial charge in [-0.3, -0.25) is 38.5 Å². The number of benzene rings is 1. The first-order chi connectivity index (χ1) is 20.8. The van der Waals surface area contributed by atoms with Crippen LogP contribution in [0.15, 0.2) is 29.4 Å². The van der Waals surface area contributed by atoms with Crippen molar-refractivity contribution in [3.63, 3.8) is 0 Å². The molecule has 0 radical (unpaired) electrons. The molecule has 18 nitrogen and oxygen atoms in total. The van der Waals surface area contributed by atoms with E-state index >= 15 is 0 Å². The Morgan fingerprint density at radius 1 is 0.909 bits per heavy atom. The Bertz CT molecular complexity index is 1440. The van der Waals surface area contributed by atoms with Crippen LogP contribution in [0.5, 0.6) is 0 Å². The Labute approximate surface area is 249 Å². The Balaban J connectivity index is 1.62. The molecule has 234 valence electrons. The molecule has 2 aromatic rings. The van der Waals surface area contributed by atoms with Crippen molar-refractivity contribution < 1.29 is 52.5 Å². The highest BCUT2D eigenvalue weighted by Crippen LogP contribution is 2.22. The number of hydrogen-bond donors (Lipinski definition) is 1. The SMILES string of the molecule is CC(=O)OC[C@@H](OC(C)=O)[C@H](OC(C)=O)[C@H](/C=N/NC(=O)Cn1nnc(CCN2C(=O)c3ccccc3C2=O)n1)OC(C)=O. The van der Waals surface area contributed by atoms with Gasteiger partial charge in [0.1, 0.15) is 13.2 Å². The van der Waals surface area contributed by atoms with Crippen LogP contribution in [0.3, 0.4) is 0 Å². The molecule has 1 aliphatic heterocycles. The van der Waals surface area contributed by atoms with E-state index in [0.29, 0.717) is 11.1 Å².